The van der Waals surface area contributed by atoms with Gasteiger partial charge < -0.3 is 5.32 Å². The number of nitrogens with zero attached hydrogens (tertiary/aromatic N) is 1. The van der Waals surface area contributed by atoms with E-state index in [1.807, 2.05) is 13.0 Å². The fourth-order valence-electron chi connectivity index (χ4n) is 3.23. The van der Waals surface area contributed by atoms with Gasteiger partial charge in [-0.1, -0.05) is 41.5 Å². The first-order valence-corrected chi connectivity index (χ1v) is 11.0. The van der Waals surface area contributed by atoms with Gasteiger partial charge in [-0.05, 0) is 38.0 Å². The van der Waals surface area contributed by atoms with E-state index in [0.29, 0.717) is 30.5 Å². The van der Waals surface area contributed by atoms with Crippen molar-refractivity contribution < 1.29 is 14.4 Å². The second-order valence-electron chi connectivity index (χ2n) is 7.30. The lowest BCUT2D eigenvalue weighted by molar-refractivity contribution is -0.121. The number of rotatable bonds is 9. The fourth-order valence-corrected chi connectivity index (χ4v) is 4.05. The molecular weight excluding hydrogens is 384 g/mol. The van der Waals surface area contributed by atoms with Crippen molar-refractivity contribution in [2.75, 3.05) is 18.8 Å². The highest BCUT2D eigenvalue weighted by atomic mass is 32.2. The number of fused-ring (bicyclic) bond motifs is 1. The Morgan fingerprint density at radius 1 is 0.966 bits per heavy atom. The van der Waals surface area contributed by atoms with E-state index < -0.39 is 0 Å². The molecule has 2 aromatic carbocycles. The number of carbonyl (C=O) groups excluding carboxylic acids is 3. The number of amides is 3. The first-order valence-electron chi connectivity index (χ1n) is 9.82. The van der Waals surface area contributed by atoms with Crippen molar-refractivity contribution in [1.82, 2.24) is 10.2 Å². The molecule has 0 saturated carbocycles. The number of hydrogen-bond acceptors (Lipinski definition) is 4. The summed E-state index contributed by atoms with van der Waals surface area (Å²) in [6.07, 6.45) is 0.766. The Kier molecular flexibility index (Phi) is 7.09. The van der Waals surface area contributed by atoms with E-state index in [9.17, 15) is 14.4 Å². The van der Waals surface area contributed by atoms with E-state index in [1.165, 1.54) is 16.0 Å². The molecule has 0 aromatic heterocycles. The maximum atomic E-state index is 12.4. The molecule has 1 aliphatic rings. The van der Waals surface area contributed by atoms with Crippen LogP contribution in [0.5, 0.6) is 0 Å². The van der Waals surface area contributed by atoms with Crippen LogP contribution in [0.3, 0.4) is 0 Å². The van der Waals surface area contributed by atoms with Gasteiger partial charge in [0.05, 0.1) is 11.1 Å². The second kappa shape index (κ2) is 9.74. The van der Waals surface area contributed by atoms with Gasteiger partial charge in [-0.3, -0.25) is 19.3 Å². The van der Waals surface area contributed by atoms with Gasteiger partial charge >= 0.3 is 0 Å². The molecule has 0 spiro atoms. The SMILES string of the molecule is Cc1ccc(CSCCNC(=O)CCCN2C(=O)c3ccc(C)cc3C2=O)cc1. The van der Waals surface area contributed by atoms with Crippen LogP contribution in [0.2, 0.25) is 0 Å². The Labute approximate surface area is 175 Å². The normalized spacial score (nSPS) is 13.0. The number of hydrogen-bond donors (Lipinski definition) is 1. The molecule has 0 unspecified atom stereocenters. The second-order valence-corrected chi connectivity index (χ2v) is 8.41. The number of nitrogens with one attached hydrogen (secondary N) is 1. The molecule has 0 aliphatic carbocycles. The van der Waals surface area contributed by atoms with Crippen molar-refractivity contribution in [1.29, 1.82) is 0 Å². The molecule has 0 saturated heterocycles. The lowest BCUT2D eigenvalue weighted by atomic mass is 10.1. The van der Waals surface area contributed by atoms with E-state index in [-0.39, 0.29) is 24.3 Å². The molecule has 1 aliphatic heterocycles. The summed E-state index contributed by atoms with van der Waals surface area (Å²) in [5.74, 6) is 1.19. The van der Waals surface area contributed by atoms with Crippen molar-refractivity contribution in [2.24, 2.45) is 0 Å². The summed E-state index contributed by atoms with van der Waals surface area (Å²) in [4.78, 5) is 38.0. The van der Waals surface area contributed by atoms with Crippen LogP contribution in [-0.2, 0) is 10.5 Å². The summed E-state index contributed by atoms with van der Waals surface area (Å²) in [6.45, 7) is 4.84. The number of imide groups is 1. The average Bonchev–Trinajstić information content (AvgIpc) is 2.93. The molecule has 0 radical (unpaired) electrons. The molecule has 3 rings (SSSR count). The molecule has 3 amide bonds. The highest BCUT2D eigenvalue weighted by Crippen LogP contribution is 2.24. The zero-order valence-corrected chi connectivity index (χ0v) is 17.7. The monoisotopic (exact) mass is 410 g/mol. The summed E-state index contributed by atoms with van der Waals surface area (Å²) in [7, 11) is 0. The third-order valence-electron chi connectivity index (χ3n) is 4.87. The van der Waals surface area contributed by atoms with Crippen LogP contribution >= 0.6 is 11.8 Å². The van der Waals surface area contributed by atoms with Crippen LogP contribution in [0.1, 0.15) is 50.2 Å². The van der Waals surface area contributed by atoms with E-state index in [0.717, 1.165) is 17.1 Å². The van der Waals surface area contributed by atoms with E-state index in [4.69, 9.17) is 0 Å². The lowest BCUT2D eigenvalue weighted by Gasteiger charge is -2.13. The number of carbonyl (C=O) groups is 3. The topological polar surface area (TPSA) is 66.5 Å². The van der Waals surface area contributed by atoms with Crippen molar-refractivity contribution >= 4 is 29.5 Å². The lowest BCUT2D eigenvalue weighted by Crippen LogP contribution is -2.32. The molecule has 152 valence electrons. The predicted octanol–water partition coefficient (Wildman–Crippen LogP) is 3.73. The molecular formula is C23H26N2O3S. The Hall–Kier alpha value is -2.60. The summed E-state index contributed by atoms with van der Waals surface area (Å²) < 4.78 is 0. The van der Waals surface area contributed by atoms with Crippen molar-refractivity contribution in [3.05, 3.63) is 70.3 Å². The van der Waals surface area contributed by atoms with E-state index in [1.54, 1.807) is 23.9 Å². The van der Waals surface area contributed by atoms with Gasteiger partial charge in [0.15, 0.2) is 0 Å². The van der Waals surface area contributed by atoms with Gasteiger partial charge in [-0.25, -0.2) is 0 Å². The molecule has 2 aromatic rings. The maximum Gasteiger partial charge on any atom is 0.261 e. The minimum atomic E-state index is -0.266. The average molecular weight is 411 g/mol. The van der Waals surface area contributed by atoms with Gasteiger partial charge in [-0.15, -0.1) is 0 Å². The molecule has 1 heterocycles. The zero-order chi connectivity index (χ0) is 20.8. The molecule has 0 atom stereocenters. The molecule has 0 fully saturated rings. The number of benzene rings is 2. The van der Waals surface area contributed by atoms with Crippen molar-refractivity contribution in [3.8, 4) is 0 Å². The van der Waals surface area contributed by atoms with Gasteiger partial charge in [0.1, 0.15) is 0 Å². The van der Waals surface area contributed by atoms with Crippen LogP contribution in [0.25, 0.3) is 0 Å². The Balaban J connectivity index is 1.32. The van der Waals surface area contributed by atoms with Gasteiger partial charge in [0.2, 0.25) is 5.91 Å². The van der Waals surface area contributed by atoms with Crippen molar-refractivity contribution in [3.63, 3.8) is 0 Å². The first kappa shape index (κ1) is 21.1. The fraction of sp³-hybridized carbons (Fsp3) is 0.348. The maximum absolute atomic E-state index is 12.4. The standard InChI is InChI=1S/C23H26N2O3S/c1-16-5-8-18(9-6-16)15-29-13-11-24-21(26)4-3-12-25-22(27)19-10-7-17(2)14-20(19)23(25)28/h5-10,14H,3-4,11-13,15H2,1-2H3,(H,24,26). The van der Waals surface area contributed by atoms with E-state index in [2.05, 4.69) is 36.5 Å². The molecule has 0 bridgehead atoms. The van der Waals surface area contributed by atoms with Gasteiger partial charge in [-0.2, -0.15) is 11.8 Å². The summed E-state index contributed by atoms with van der Waals surface area (Å²) in [5, 5.41) is 2.90. The minimum Gasteiger partial charge on any atom is -0.355 e. The van der Waals surface area contributed by atoms with Crippen LogP contribution in [-0.4, -0.2) is 41.5 Å². The Morgan fingerprint density at radius 2 is 1.66 bits per heavy atom. The first-order chi connectivity index (χ1) is 14.0. The predicted molar refractivity (Wildman–Crippen MR) is 116 cm³/mol. The third-order valence-corrected chi connectivity index (χ3v) is 5.90. The zero-order valence-electron chi connectivity index (χ0n) is 16.9. The van der Waals surface area contributed by atoms with Gasteiger partial charge in [0.25, 0.3) is 11.8 Å². The van der Waals surface area contributed by atoms with Gasteiger partial charge in [0, 0.05) is 31.0 Å². The van der Waals surface area contributed by atoms with E-state index >= 15 is 0 Å². The van der Waals surface area contributed by atoms with Crippen LogP contribution in [0, 0.1) is 13.8 Å². The number of aryl methyl sites for hydroxylation is 2. The Bertz CT molecular complexity index is 909. The highest BCUT2D eigenvalue weighted by Gasteiger charge is 2.34. The van der Waals surface area contributed by atoms with Crippen molar-refractivity contribution in [2.45, 2.75) is 32.4 Å². The molecule has 29 heavy (non-hydrogen) atoms. The largest absolute Gasteiger partial charge is 0.355 e. The summed E-state index contributed by atoms with van der Waals surface area (Å²) in [5.41, 5.74) is 4.40. The minimum absolute atomic E-state index is 0.0478. The Morgan fingerprint density at radius 3 is 2.41 bits per heavy atom. The molecule has 6 heteroatoms. The summed E-state index contributed by atoms with van der Waals surface area (Å²) in [6, 6.07) is 13.7. The molecule has 1 N–H and O–H groups in total. The van der Waals surface area contributed by atoms with Crippen LogP contribution in [0.4, 0.5) is 0 Å². The number of thioether (sulfide) groups is 1. The quantitative estimate of drug-likeness (QED) is 0.505. The third kappa shape index (κ3) is 5.48. The van der Waals surface area contributed by atoms with Crippen LogP contribution < -0.4 is 5.32 Å². The van der Waals surface area contributed by atoms with Crippen LogP contribution in [0.15, 0.2) is 42.5 Å². The smallest absolute Gasteiger partial charge is 0.261 e. The highest BCUT2D eigenvalue weighted by molar-refractivity contribution is 7.98. The molecule has 5 nitrogen and oxygen atoms in total. The summed E-state index contributed by atoms with van der Waals surface area (Å²) >= 11 is 1.78.